The van der Waals surface area contributed by atoms with Crippen molar-refractivity contribution in [1.29, 1.82) is 10.5 Å². The van der Waals surface area contributed by atoms with Crippen LogP contribution in [-0.2, 0) is 10.8 Å². The van der Waals surface area contributed by atoms with E-state index >= 15 is 0 Å². The minimum atomic E-state index is -0.172. The Bertz CT molecular complexity index is 4500. The van der Waals surface area contributed by atoms with E-state index in [-0.39, 0.29) is 10.8 Å². The molecule has 0 atom stereocenters. The van der Waals surface area contributed by atoms with Gasteiger partial charge in [0.25, 0.3) is 0 Å². The Kier molecular flexibility index (Phi) is 8.11. The molecule has 0 aliphatic heterocycles. The smallest absolute Gasteiger partial charge is 0.0991 e. The summed E-state index contributed by atoms with van der Waals surface area (Å²) < 4.78 is 0. The Hall–Kier alpha value is -8.56. The molecular weight excluding hydrogens is 845 g/mol. The summed E-state index contributed by atoms with van der Waals surface area (Å²) in [5.74, 6) is 0. The first-order valence-corrected chi connectivity index (χ1v) is 24.4. The molecule has 0 radical (unpaired) electrons. The zero-order valence-corrected chi connectivity index (χ0v) is 40.1. The molecule has 2 aliphatic carbocycles. The van der Waals surface area contributed by atoms with Gasteiger partial charge in [-0.1, -0.05) is 163 Å². The number of nitriles is 2. The van der Waals surface area contributed by atoms with Crippen LogP contribution in [0.1, 0.15) is 63.8 Å². The lowest BCUT2D eigenvalue weighted by Crippen LogP contribution is -2.11. The van der Waals surface area contributed by atoms with Gasteiger partial charge in [-0.05, 0) is 213 Å². The van der Waals surface area contributed by atoms with Crippen molar-refractivity contribution in [3.05, 3.63) is 192 Å². The van der Waals surface area contributed by atoms with Crippen molar-refractivity contribution in [3.63, 3.8) is 0 Å². The van der Waals surface area contributed by atoms with Crippen LogP contribution >= 0.6 is 0 Å². The molecule has 2 nitrogen and oxygen atoms in total. The molecule has 0 aromatic heterocycles. The first-order chi connectivity index (χ1) is 33.9. The fourth-order valence-corrected chi connectivity index (χ4v) is 12.5. The van der Waals surface area contributed by atoms with Crippen molar-refractivity contribution in [3.8, 4) is 78.9 Å². The topological polar surface area (TPSA) is 47.6 Å². The second-order valence-corrected chi connectivity index (χ2v) is 21.8. The summed E-state index contributed by atoms with van der Waals surface area (Å²) in [6, 6.07) is 68.3. The van der Waals surface area contributed by atoms with E-state index in [0.29, 0.717) is 11.1 Å². The van der Waals surface area contributed by atoms with Crippen molar-refractivity contribution in [2.75, 3.05) is 0 Å². The highest BCUT2D eigenvalue weighted by Gasteiger charge is 2.32. The van der Waals surface area contributed by atoms with Gasteiger partial charge in [0.1, 0.15) is 0 Å². The summed E-state index contributed by atoms with van der Waals surface area (Å²) in [6.45, 7) is 13.4. The van der Waals surface area contributed by atoms with Crippen molar-refractivity contribution >= 4 is 75.4 Å². The van der Waals surface area contributed by atoms with Crippen LogP contribution in [0.25, 0.3) is 142 Å². The molecule has 0 unspecified atom stereocenters. The minimum Gasteiger partial charge on any atom is -0.192 e. The summed E-state index contributed by atoms with van der Waals surface area (Å²) in [7, 11) is 0. The average molecular weight is 891 g/mol. The fraction of sp³-hybridized carbons (Fsp3) is 0.118. The lowest BCUT2D eigenvalue weighted by molar-refractivity contribution is 0.590. The van der Waals surface area contributed by atoms with Crippen LogP contribution in [0.15, 0.2) is 170 Å². The Labute approximate surface area is 407 Å². The number of hydrogen-bond acceptors (Lipinski definition) is 2. The van der Waals surface area contributed by atoms with E-state index in [1.165, 1.54) is 109 Å². The molecule has 2 heteroatoms. The van der Waals surface area contributed by atoms with Gasteiger partial charge >= 0.3 is 0 Å². The fourth-order valence-electron chi connectivity index (χ4n) is 12.5. The molecule has 0 amide bonds. The molecule has 0 saturated carbocycles. The van der Waals surface area contributed by atoms with Crippen LogP contribution in [0, 0.1) is 22.7 Å². The SMILES string of the molecule is CC(C)(C)c1cc(C#N)cc(-c2c3c(cc4c2ccc2c5cc6c(c(-c7cc(C#N)cc(C(C)(C)C)c7)c5ccc42)-c2cc4ccccc4c4cccc-6c24)-c2cc4ccccc4c4cccc-3c24)c1. The van der Waals surface area contributed by atoms with Crippen LogP contribution in [0.2, 0.25) is 0 Å². The van der Waals surface area contributed by atoms with Crippen LogP contribution in [0.3, 0.4) is 0 Å². The third kappa shape index (κ3) is 5.54. The zero-order chi connectivity index (χ0) is 47.5. The van der Waals surface area contributed by atoms with Gasteiger partial charge in [0.15, 0.2) is 0 Å². The van der Waals surface area contributed by atoms with Gasteiger partial charge in [-0.3, -0.25) is 0 Å². The number of rotatable bonds is 2. The summed E-state index contributed by atoms with van der Waals surface area (Å²) in [6.07, 6.45) is 0. The quantitative estimate of drug-likeness (QED) is 0.162. The molecule has 0 spiro atoms. The Morgan fingerprint density at radius 1 is 0.300 bits per heavy atom. The van der Waals surface area contributed by atoms with Crippen molar-refractivity contribution in [1.82, 2.24) is 0 Å². The second kappa shape index (κ2) is 14.0. The Morgan fingerprint density at radius 2 is 0.729 bits per heavy atom. The maximum absolute atomic E-state index is 10.6. The summed E-state index contributed by atoms with van der Waals surface area (Å²) >= 11 is 0. The van der Waals surface area contributed by atoms with E-state index in [0.717, 1.165) is 44.2 Å². The predicted octanol–water partition coefficient (Wildman–Crippen LogP) is 18.7. The summed E-state index contributed by atoms with van der Waals surface area (Å²) in [5.41, 5.74) is 17.6. The standard InChI is InChI=1S/C68H46N2/c1-67(2,3)43-27-37(35-69)25-41(29-43)61-52-23-21-47-48(56(52)34-59-57-31-39-13-7-9-15-45(39)50-18-12-20-54(64(50)57)65(59)61)22-24-53-55(47)33-58-51-19-11-17-49-46-16-10-8-14-40(46)32-60(63(49)51)66(58)62(53)42-26-38(36-70)28-44(30-42)68(4,5)6/h7-34H,1-6H3. The molecule has 0 saturated heterocycles. The van der Waals surface area contributed by atoms with Gasteiger partial charge in [0.2, 0.25) is 0 Å². The van der Waals surface area contributed by atoms with Crippen LogP contribution in [0.4, 0.5) is 0 Å². The van der Waals surface area contributed by atoms with Crippen molar-refractivity contribution in [2.45, 2.75) is 52.4 Å². The highest BCUT2D eigenvalue weighted by molar-refractivity contribution is 6.33. The maximum Gasteiger partial charge on any atom is 0.0991 e. The third-order valence-corrected chi connectivity index (χ3v) is 15.8. The first-order valence-electron chi connectivity index (χ1n) is 24.4. The van der Waals surface area contributed by atoms with E-state index in [2.05, 4.69) is 224 Å². The van der Waals surface area contributed by atoms with Gasteiger partial charge in [-0.2, -0.15) is 10.5 Å². The lowest BCUT2D eigenvalue weighted by Gasteiger charge is -2.23. The molecule has 14 rings (SSSR count). The number of hydrogen-bond donors (Lipinski definition) is 0. The number of nitrogens with zero attached hydrogens (tertiary/aromatic N) is 2. The molecule has 0 N–H and O–H groups in total. The van der Waals surface area contributed by atoms with Crippen molar-refractivity contribution in [2.24, 2.45) is 0 Å². The molecule has 70 heavy (non-hydrogen) atoms. The van der Waals surface area contributed by atoms with Crippen molar-refractivity contribution < 1.29 is 0 Å². The summed E-state index contributed by atoms with van der Waals surface area (Å²) in [5, 5.41) is 38.2. The molecule has 328 valence electrons. The van der Waals surface area contributed by atoms with Gasteiger partial charge in [-0.25, -0.2) is 0 Å². The molecule has 0 heterocycles. The molecule has 12 aromatic carbocycles. The van der Waals surface area contributed by atoms with Gasteiger partial charge in [-0.15, -0.1) is 0 Å². The van der Waals surface area contributed by atoms with Crippen LogP contribution in [-0.4, -0.2) is 0 Å². The van der Waals surface area contributed by atoms with E-state index in [9.17, 15) is 10.5 Å². The normalized spacial score (nSPS) is 12.7. The van der Waals surface area contributed by atoms with E-state index in [1.807, 2.05) is 0 Å². The number of fused-ring (bicyclic) bond motifs is 15. The monoisotopic (exact) mass is 890 g/mol. The molecule has 2 aliphatic rings. The van der Waals surface area contributed by atoms with Crippen LogP contribution in [0.5, 0.6) is 0 Å². The lowest BCUT2D eigenvalue weighted by atomic mass is 9.80. The highest BCUT2D eigenvalue weighted by atomic mass is 14.4. The summed E-state index contributed by atoms with van der Waals surface area (Å²) in [4.78, 5) is 0. The average Bonchev–Trinajstić information content (AvgIpc) is 3.86. The largest absolute Gasteiger partial charge is 0.192 e. The predicted molar refractivity (Wildman–Crippen MR) is 296 cm³/mol. The number of benzene rings is 12. The molecular formula is C68H46N2. The van der Waals surface area contributed by atoms with E-state index < -0.39 is 0 Å². The minimum absolute atomic E-state index is 0.170. The Balaban J connectivity index is 1.14. The molecule has 0 bridgehead atoms. The third-order valence-electron chi connectivity index (χ3n) is 15.8. The second-order valence-electron chi connectivity index (χ2n) is 21.8. The van der Waals surface area contributed by atoms with E-state index in [4.69, 9.17) is 0 Å². The van der Waals surface area contributed by atoms with E-state index in [1.54, 1.807) is 0 Å². The van der Waals surface area contributed by atoms with Gasteiger partial charge < -0.3 is 0 Å². The highest BCUT2D eigenvalue weighted by Crippen LogP contribution is 2.58. The Morgan fingerprint density at radius 3 is 1.24 bits per heavy atom. The molecule has 0 fully saturated rings. The zero-order valence-electron chi connectivity index (χ0n) is 40.1. The van der Waals surface area contributed by atoms with Crippen LogP contribution < -0.4 is 0 Å². The van der Waals surface area contributed by atoms with Gasteiger partial charge in [0.05, 0.1) is 23.3 Å². The van der Waals surface area contributed by atoms with Gasteiger partial charge in [0, 0.05) is 0 Å². The first kappa shape index (κ1) is 40.5. The molecule has 12 aromatic rings. The maximum atomic E-state index is 10.6.